The molecule has 0 radical (unpaired) electrons. The first-order valence-corrected chi connectivity index (χ1v) is 5.83. The number of pyridine rings is 1. The van der Waals surface area contributed by atoms with Crippen LogP contribution >= 0.6 is 11.6 Å². The molecule has 0 aliphatic heterocycles. The molecular formula is C12H19ClN2. The first kappa shape index (κ1) is 12.3. The minimum absolute atomic E-state index is 0.475. The summed E-state index contributed by atoms with van der Waals surface area (Å²) >= 11 is 5.80. The fraction of sp³-hybridized carbons (Fsp3) is 0.583. The van der Waals surface area contributed by atoms with E-state index in [1.165, 1.54) is 0 Å². The monoisotopic (exact) mass is 226 g/mol. The number of anilines is 1. The first-order chi connectivity index (χ1) is 7.06. The first-order valence-electron chi connectivity index (χ1n) is 5.30. The second kappa shape index (κ2) is 5.36. The number of hydrogen-bond acceptors (Lipinski definition) is 2. The predicted molar refractivity (Wildman–Crippen MR) is 66.5 cm³/mol. The fourth-order valence-electron chi connectivity index (χ4n) is 1.39. The van der Waals surface area contributed by atoms with E-state index >= 15 is 0 Å². The Hall–Kier alpha value is -0.760. The fourth-order valence-corrected chi connectivity index (χ4v) is 1.56. The van der Waals surface area contributed by atoms with Crippen LogP contribution in [0.15, 0.2) is 18.3 Å². The summed E-state index contributed by atoms with van der Waals surface area (Å²) in [5.41, 5.74) is 1.12. The number of alkyl halides is 1. The summed E-state index contributed by atoms with van der Waals surface area (Å²) in [4.78, 5) is 6.55. The Morgan fingerprint density at radius 1 is 1.40 bits per heavy atom. The third-order valence-electron chi connectivity index (χ3n) is 2.90. The maximum absolute atomic E-state index is 5.80. The molecule has 0 saturated heterocycles. The van der Waals surface area contributed by atoms with Crippen LogP contribution in [0.1, 0.15) is 26.3 Å². The molecule has 1 aromatic rings. The van der Waals surface area contributed by atoms with Crippen LogP contribution in [0.3, 0.4) is 0 Å². The lowest BCUT2D eigenvalue weighted by Crippen LogP contribution is -2.33. The van der Waals surface area contributed by atoms with E-state index in [4.69, 9.17) is 11.6 Å². The van der Waals surface area contributed by atoms with Gasteiger partial charge in [-0.2, -0.15) is 0 Å². The largest absolute Gasteiger partial charge is 0.357 e. The number of hydrogen-bond donors (Lipinski definition) is 0. The van der Waals surface area contributed by atoms with Crippen LogP contribution in [0.2, 0.25) is 0 Å². The van der Waals surface area contributed by atoms with E-state index < -0.39 is 0 Å². The van der Waals surface area contributed by atoms with Crippen molar-refractivity contribution in [2.24, 2.45) is 5.92 Å². The Balaban J connectivity index is 2.85. The van der Waals surface area contributed by atoms with Gasteiger partial charge in [-0.3, -0.25) is 0 Å². The quantitative estimate of drug-likeness (QED) is 0.733. The third kappa shape index (κ3) is 3.10. The molecule has 0 aliphatic carbocycles. The highest BCUT2D eigenvalue weighted by molar-refractivity contribution is 6.17. The summed E-state index contributed by atoms with van der Waals surface area (Å²) < 4.78 is 0. The van der Waals surface area contributed by atoms with E-state index in [2.05, 4.69) is 37.7 Å². The van der Waals surface area contributed by atoms with Crippen molar-refractivity contribution in [2.45, 2.75) is 32.7 Å². The molecule has 0 fully saturated rings. The average molecular weight is 227 g/mol. The van der Waals surface area contributed by atoms with Gasteiger partial charge >= 0.3 is 0 Å². The molecule has 0 aromatic carbocycles. The Kier molecular flexibility index (Phi) is 4.40. The molecule has 1 atom stereocenters. The summed E-state index contributed by atoms with van der Waals surface area (Å²) in [6.45, 7) is 6.64. The molecule has 1 rings (SSSR count). The molecule has 0 bridgehead atoms. The number of nitrogens with zero attached hydrogens (tertiary/aromatic N) is 2. The van der Waals surface area contributed by atoms with Crippen LogP contribution in [0, 0.1) is 5.92 Å². The Morgan fingerprint density at radius 3 is 2.60 bits per heavy atom. The Labute approximate surface area is 97.3 Å². The summed E-state index contributed by atoms with van der Waals surface area (Å²) in [6.07, 6.45) is 1.82. The van der Waals surface area contributed by atoms with E-state index in [0.717, 1.165) is 11.4 Å². The zero-order valence-corrected chi connectivity index (χ0v) is 10.6. The maximum atomic E-state index is 5.80. The van der Waals surface area contributed by atoms with Crippen molar-refractivity contribution in [3.05, 3.63) is 23.9 Å². The second-order valence-electron chi connectivity index (χ2n) is 4.25. The molecule has 84 valence electrons. The SMILES string of the molecule is CC(C)C(C)N(C)c1cc(CCl)ccn1. The van der Waals surface area contributed by atoms with Crippen LogP contribution in [-0.4, -0.2) is 18.1 Å². The smallest absolute Gasteiger partial charge is 0.128 e. The van der Waals surface area contributed by atoms with E-state index in [0.29, 0.717) is 17.8 Å². The zero-order chi connectivity index (χ0) is 11.4. The maximum Gasteiger partial charge on any atom is 0.128 e. The van der Waals surface area contributed by atoms with Gasteiger partial charge in [0.15, 0.2) is 0 Å². The molecule has 0 spiro atoms. The van der Waals surface area contributed by atoms with Crippen molar-refractivity contribution in [3.8, 4) is 0 Å². The molecule has 1 unspecified atom stereocenters. The van der Waals surface area contributed by atoms with Crippen molar-refractivity contribution < 1.29 is 0 Å². The van der Waals surface area contributed by atoms with Crippen LogP contribution < -0.4 is 4.90 Å². The number of aromatic nitrogens is 1. The van der Waals surface area contributed by atoms with E-state index in [-0.39, 0.29) is 0 Å². The molecule has 1 aromatic heterocycles. The Bertz CT molecular complexity index is 312. The second-order valence-corrected chi connectivity index (χ2v) is 4.52. The van der Waals surface area contributed by atoms with Gasteiger partial charge in [-0.25, -0.2) is 4.98 Å². The topological polar surface area (TPSA) is 16.1 Å². The molecule has 1 heterocycles. The van der Waals surface area contributed by atoms with Gasteiger partial charge in [0.25, 0.3) is 0 Å². The van der Waals surface area contributed by atoms with Crippen molar-refractivity contribution >= 4 is 17.4 Å². The van der Waals surface area contributed by atoms with Crippen LogP contribution in [0.4, 0.5) is 5.82 Å². The van der Waals surface area contributed by atoms with Gasteiger partial charge in [-0.15, -0.1) is 11.6 Å². The third-order valence-corrected chi connectivity index (χ3v) is 3.21. The molecule has 3 heteroatoms. The van der Waals surface area contributed by atoms with Crippen LogP contribution in [-0.2, 0) is 5.88 Å². The van der Waals surface area contributed by atoms with Crippen molar-refractivity contribution in [1.29, 1.82) is 0 Å². The average Bonchev–Trinajstić information content (AvgIpc) is 2.27. The highest BCUT2D eigenvalue weighted by Gasteiger charge is 2.14. The van der Waals surface area contributed by atoms with E-state index in [1.54, 1.807) is 0 Å². The highest BCUT2D eigenvalue weighted by atomic mass is 35.5. The summed E-state index contributed by atoms with van der Waals surface area (Å²) in [6, 6.07) is 4.47. The highest BCUT2D eigenvalue weighted by Crippen LogP contribution is 2.18. The molecule has 0 N–H and O–H groups in total. The summed E-state index contributed by atoms with van der Waals surface area (Å²) in [5.74, 6) is 2.14. The van der Waals surface area contributed by atoms with Crippen molar-refractivity contribution in [3.63, 3.8) is 0 Å². The number of halogens is 1. The lowest BCUT2D eigenvalue weighted by atomic mass is 10.1. The zero-order valence-electron chi connectivity index (χ0n) is 9.87. The van der Waals surface area contributed by atoms with Gasteiger partial charge in [0.1, 0.15) is 5.82 Å². The van der Waals surface area contributed by atoms with Gasteiger partial charge < -0.3 is 4.90 Å². The molecule has 2 nitrogen and oxygen atoms in total. The minimum Gasteiger partial charge on any atom is -0.357 e. The summed E-state index contributed by atoms with van der Waals surface area (Å²) in [7, 11) is 2.07. The van der Waals surface area contributed by atoms with Gasteiger partial charge in [-0.1, -0.05) is 13.8 Å². The van der Waals surface area contributed by atoms with Gasteiger partial charge in [0.2, 0.25) is 0 Å². The van der Waals surface area contributed by atoms with Gasteiger partial charge in [-0.05, 0) is 30.5 Å². The van der Waals surface area contributed by atoms with Gasteiger partial charge in [0, 0.05) is 25.2 Å². The minimum atomic E-state index is 0.475. The van der Waals surface area contributed by atoms with Crippen LogP contribution in [0.5, 0.6) is 0 Å². The molecule has 0 aliphatic rings. The lowest BCUT2D eigenvalue weighted by Gasteiger charge is -2.29. The van der Waals surface area contributed by atoms with Gasteiger partial charge in [0.05, 0.1) is 0 Å². The molecular weight excluding hydrogens is 208 g/mol. The standard InChI is InChI=1S/C12H19ClN2/c1-9(2)10(3)15(4)12-7-11(8-13)5-6-14-12/h5-7,9-10H,8H2,1-4H3. The molecule has 15 heavy (non-hydrogen) atoms. The Morgan fingerprint density at radius 2 is 2.07 bits per heavy atom. The van der Waals surface area contributed by atoms with Crippen LogP contribution in [0.25, 0.3) is 0 Å². The van der Waals surface area contributed by atoms with E-state index in [9.17, 15) is 0 Å². The van der Waals surface area contributed by atoms with E-state index in [1.807, 2.05) is 18.3 Å². The molecule has 0 amide bonds. The van der Waals surface area contributed by atoms with Crippen molar-refractivity contribution in [1.82, 2.24) is 4.98 Å². The summed E-state index contributed by atoms with van der Waals surface area (Å²) in [5, 5.41) is 0. The number of rotatable bonds is 4. The van der Waals surface area contributed by atoms with Crippen molar-refractivity contribution in [2.75, 3.05) is 11.9 Å². The lowest BCUT2D eigenvalue weighted by molar-refractivity contribution is 0.502. The molecule has 0 saturated carbocycles. The predicted octanol–water partition coefficient (Wildman–Crippen LogP) is 3.30. The normalized spacial score (nSPS) is 12.9.